The minimum Gasteiger partial charge on any atom is -0.465 e. The summed E-state index contributed by atoms with van der Waals surface area (Å²) in [6.07, 6.45) is -1.13. The number of fused-ring (bicyclic) bond motifs is 3. The number of halogens is 2. The van der Waals surface area contributed by atoms with Gasteiger partial charge in [-0.3, -0.25) is 10.1 Å². The number of rotatable bonds is 2. The van der Waals surface area contributed by atoms with Gasteiger partial charge < -0.3 is 25.0 Å². The molecule has 13 heteroatoms. The molecule has 0 bridgehead atoms. The van der Waals surface area contributed by atoms with Crippen molar-refractivity contribution < 1.29 is 28.6 Å². The van der Waals surface area contributed by atoms with Gasteiger partial charge in [0.15, 0.2) is 5.13 Å². The van der Waals surface area contributed by atoms with Gasteiger partial charge >= 0.3 is 12.2 Å². The van der Waals surface area contributed by atoms with Gasteiger partial charge in [-0.1, -0.05) is 22.9 Å². The molecule has 0 saturated carbocycles. The van der Waals surface area contributed by atoms with Gasteiger partial charge in [0.2, 0.25) is 0 Å². The summed E-state index contributed by atoms with van der Waals surface area (Å²) in [4.78, 5) is 44.7. The van der Waals surface area contributed by atoms with Crippen LogP contribution in [0.15, 0.2) is 24.3 Å². The van der Waals surface area contributed by atoms with E-state index in [0.717, 1.165) is 11.3 Å². The summed E-state index contributed by atoms with van der Waals surface area (Å²) in [5.41, 5.74) is 1.63. The molecular weight excluding hydrogens is 549 g/mol. The molecule has 0 aliphatic carbocycles. The Bertz CT molecular complexity index is 1490. The third-order valence-electron chi connectivity index (χ3n) is 6.54. The largest absolute Gasteiger partial charge is 0.465 e. The summed E-state index contributed by atoms with van der Waals surface area (Å²) < 4.78 is 20.3. The van der Waals surface area contributed by atoms with Crippen LogP contribution in [0.25, 0.3) is 21.3 Å². The SMILES string of the molecule is CC(C)(C)OC(=O)Nc1nc2c(-c3cc4c(cc3Cl)C(=O)N3CCN(C(=O)O)C[C@@H]3CCN4)ccc(F)c2s1. The molecule has 0 radical (unpaired) electrons. The summed E-state index contributed by atoms with van der Waals surface area (Å²) in [7, 11) is 0. The number of carbonyl (C=O) groups excluding carboxylic acids is 2. The summed E-state index contributed by atoms with van der Waals surface area (Å²) in [5, 5.41) is 15.7. The first-order valence-corrected chi connectivity index (χ1v) is 13.6. The molecule has 5 rings (SSSR count). The van der Waals surface area contributed by atoms with E-state index in [2.05, 4.69) is 15.6 Å². The zero-order valence-corrected chi connectivity index (χ0v) is 23.1. The van der Waals surface area contributed by atoms with Gasteiger partial charge in [-0.2, -0.15) is 0 Å². The Hall–Kier alpha value is -3.64. The quantitative estimate of drug-likeness (QED) is 0.357. The molecule has 0 unspecified atom stereocenters. The van der Waals surface area contributed by atoms with Gasteiger partial charge in [0.25, 0.3) is 5.91 Å². The van der Waals surface area contributed by atoms with Crippen molar-refractivity contribution in [2.45, 2.75) is 38.8 Å². The Kier molecular flexibility index (Phi) is 7.02. The molecule has 39 heavy (non-hydrogen) atoms. The second-order valence-corrected chi connectivity index (χ2v) is 11.8. The number of ether oxygens (including phenoxy) is 1. The van der Waals surface area contributed by atoms with Crippen LogP contribution in [-0.2, 0) is 4.74 Å². The minimum atomic E-state index is -0.998. The molecule has 3 amide bonds. The van der Waals surface area contributed by atoms with Gasteiger partial charge in [0, 0.05) is 48.0 Å². The van der Waals surface area contributed by atoms with E-state index in [1.807, 2.05) is 0 Å². The number of carboxylic acid groups (broad SMARTS) is 1. The molecule has 2 aromatic carbocycles. The Morgan fingerprint density at radius 1 is 1.23 bits per heavy atom. The highest BCUT2D eigenvalue weighted by atomic mass is 35.5. The Balaban J connectivity index is 1.49. The molecule has 2 aliphatic rings. The molecule has 1 atom stereocenters. The van der Waals surface area contributed by atoms with Crippen LogP contribution in [0, 0.1) is 5.82 Å². The molecule has 206 valence electrons. The monoisotopic (exact) mass is 575 g/mol. The first-order valence-electron chi connectivity index (χ1n) is 12.4. The van der Waals surface area contributed by atoms with E-state index < -0.39 is 23.6 Å². The topological polar surface area (TPSA) is 124 Å². The van der Waals surface area contributed by atoms with Crippen molar-refractivity contribution in [2.24, 2.45) is 0 Å². The molecular formula is C26H27ClFN5O5S. The standard InChI is InChI=1S/C26H27ClFN5O5S/c1-26(2,3)38-24(35)31-23-30-20-14(4-5-18(28)21(20)39-23)15-11-19-16(10-17(15)27)22(34)33-9-8-32(25(36)37)12-13(33)6-7-29-19/h4-5,10-11,13,29H,6-9,12H2,1-3H3,(H,36,37)(H,30,31,35)/t13-/m0/s1. The number of hydrogen-bond acceptors (Lipinski definition) is 7. The smallest absolute Gasteiger partial charge is 0.413 e. The summed E-state index contributed by atoms with van der Waals surface area (Å²) in [6.45, 7) is 6.50. The van der Waals surface area contributed by atoms with E-state index in [1.54, 1.807) is 43.9 Å². The van der Waals surface area contributed by atoms with Gasteiger partial charge in [-0.25, -0.2) is 19.0 Å². The number of benzene rings is 2. The number of nitrogens with zero attached hydrogens (tertiary/aromatic N) is 3. The van der Waals surface area contributed by atoms with Crippen LogP contribution in [0.4, 0.5) is 24.8 Å². The number of thiazole rings is 1. The molecule has 0 spiro atoms. The number of piperazine rings is 1. The molecule has 10 nitrogen and oxygen atoms in total. The Morgan fingerprint density at radius 2 is 2.00 bits per heavy atom. The predicted molar refractivity (Wildman–Crippen MR) is 147 cm³/mol. The van der Waals surface area contributed by atoms with E-state index in [0.29, 0.717) is 47.4 Å². The number of anilines is 2. The number of aromatic nitrogens is 1. The number of nitrogens with one attached hydrogen (secondary N) is 2. The van der Waals surface area contributed by atoms with Crippen LogP contribution < -0.4 is 10.6 Å². The van der Waals surface area contributed by atoms with Crippen molar-refractivity contribution in [3.63, 3.8) is 0 Å². The average Bonchev–Trinajstić information content (AvgIpc) is 3.27. The Morgan fingerprint density at radius 3 is 2.72 bits per heavy atom. The van der Waals surface area contributed by atoms with Gasteiger partial charge in [-0.05, 0) is 51.5 Å². The van der Waals surface area contributed by atoms with Crippen LogP contribution >= 0.6 is 22.9 Å². The summed E-state index contributed by atoms with van der Waals surface area (Å²) >= 11 is 7.69. The van der Waals surface area contributed by atoms with Crippen molar-refractivity contribution in [3.8, 4) is 11.1 Å². The van der Waals surface area contributed by atoms with Crippen molar-refractivity contribution in [1.82, 2.24) is 14.8 Å². The van der Waals surface area contributed by atoms with Gasteiger partial charge in [-0.15, -0.1) is 0 Å². The van der Waals surface area contributed by atoms with E-state index in [4.69, 9.17) is 16.3 Å². The fourth-order valence-electron chi connectivity index (χ4n) is 4.81. The fourth-order valence-corrected chi connectivity index (χ4v) is 5.96. The van der Waals surface area contributed by atoms with E-state index >= 15 is 0 Å². The molecule has 3 aromatic rings. The molecule has 1 fully saturated rings. The lowest BCUT2D eigenvalue weighted by atomic mass is 9.98. The maximum Gasteiger partial charge on any atom is 0.413 e. The minimum absolute atomic E-state index is 0.174. The zero-order chi connectivity index (χ0) is 28.1. The zero-order valence-electron chi connectivity index (χ0n) is 21.5. The third kappa shape index (κ3) is 5.44. The van der Waals surface area contributed by atoms with Gasteiger partial charge in [0.1, 0.15) is 11.4 Å². The molecule has 1 aromatic heterocycles. The second-order valence-electron chi connectivity index (χ2n) is 10.4. The number of hydrogen-bond donors (Lipinski definition) is 3. The third-order valence-corrected chi connectivity index (χ3v) is 7.83. The number of amides is 3. The van der Waals surface area contributed by atoms with E-state index in [1.165, 1.54) is 11.0 Å². The molecule has 1 saturated heterocycles. The van der Waals surface area contributed by atoms with E-state index in [-0.39, 0.29) is 39.9 Å². The van der Waals surface area contributed by atoms with Crippen LogP contribution in [0.3, 0.4) is 0 Å². The molecule has 3 N–H and O–H groups in total. The Labute approximate surface area is 232 Å². The lowest BCUT2D eigenvalue weighted by molar-refractivity contribution is 0.0436. The maximum absolute atomic E-state index is 14.8. The summed E-state index contributed by atoms with van der Waals surface area (Å²) in [6, 6.07) is 5.95. The first-order chi connectivity index (χ1) is 18.4. The average molecular weight is 576 g/mol. The van der Waals surface area contributed by atoms with Gasteiger partial charge in [0.05, 0.1) is 21.8 Å². The van der Waals surface area contributed by atoms with Crippen LogP contribution in [0.1, 0.15) is 37.6 Å². The fraction of sp³-hybridized carbons (Fsp3) is 0.385. The lowest BCUT2D eigenvalue weighted by Gasteiger charge is -2.41. The molecule has 2 aliphatic heterocycles. The maximum atomic E-state index is 14.8. The van der Waals surface area contributed by atoms with Crippen LogP contribution in [0.2, 0.25) is 5.02 Å². The lowest BCUT2D eigenvalue weighted by Crippen LogP contribution is -2.57. The molecule has 3 heterocycles. The van der Waals surface area contributed by atoms with Crippen LogP contribution in [-0.4, -0.2) is 75.8 Å². The predicted octanol–water partition coefficient (Wildman–Crippen LogP) is 5.72. The second kappa shape index (κ2) is 10.2. The van der Waals surface area contributed by atoms with Crippen molar-refractivity contribution >= 4 is 62.1 Å². The highest BCUT2D eigenvalue weighted by Crippen LogP contribution is 2.41. The van der Waals surface area contributed by atoms with Crippen LogP contribution in [0.5, 0.6) is 0 Å². The number of carbonyl (C=O) groups is 3. The highest BCUT2D eigenvalue weighted by molar-refractivity contribution is 7.22. The van der Waals surface area contributed by atoms with E-state index in [9.17, 15) is 23.9 Å². The van der Waals surface area contributed by atoms with Crippen molar-refractivity contribution in [1.29, 1.82) is 0 Å². The first kappa shape index (κ1) is 26.9. The summed E-state index contributed by atoms with van der Waals surface area (Å²) in [5.74, 6) is -0.729. The van der Waals surface area contributed by atoms with Crippen molar-refractivity contribution in [3.05, 3.63) is 40.7 Å². The normalized spacial score (nSPS) is 17.6. The highest BCUT2D eigenvalue weighted by Gasteiger charge is 2.35. The van der Waals surface area contributed by atoms with Crippen molar-refractivity contribution in [2.75, 3.05) is 36.8 Å².